The summed E-state index contributed by atoms with van der Waals surface area (Å²) in [5, 5.41) is 8.61. The highest BCUT2D eigenvalue weighted by Gasteiger charge is 2.13. The maximum absolute atomic E-state index is 12.0. The summed E-state index contributed by atoms with van der Waals surface area (Å²) >= 11 is 5.86. The summed E-state index contributed by atoms with van der Waals surface area (Å²) in [4.78, 5) is 24.0. The van der Waals surface area contributed by atoms with Crippen LogP contribution in [0, 0.1) is 12.3 Å². The van der Waals surface area contributed by atoms with E-state index in [2.05, 4.69) is 21.8 Å². The molecule has 2 N–H and O–H groups in total. The number of carbonyl (C=O) groups excluding carboxylic acids is 2. The topological polar surface area (TPSA) is 79.8 Å². The van der Waals surface area contributed by atoms with Crippen LogP contribution < -0.4 is 15.5 Å². The van der Waals surface area contributed by atoms with Crippen molar-refractivity contribution in [3.05, 3.63) is 71.2 Å². The number of hydrogen-bond acceptors (Lipinski definition) is 4. The van der Waals surface area contributed by atoms with Gasteiger partial charge in [0, 0.05) is 16.3 Å². The third kappa shape index (κ3) is 5.12. The number of benzene rings is 3. The lowest BCUT2D eigenvalue weighted by Gasteiger charge is -2.10. The Kier molecular flexibility index (Phi) is 6.46. The van der Waals surface area contributed by atoms with Crippen molar-refractivity contribution < 1.29 is 14.3 Å². The molecule has 0 bridgehead atoms. The number of hydrogen-bond donors (Lipinski definition) is 2. The fourth-order valence-electron chi connectivity index (χ4n) is 2.61. The minimum Gasteiger partial charge on any atom is -0.480 e. The van der Waals surface area contributed by atoms with Crippen molar-refractivity contribution in [2.75, 3.05) is 11.9 Å². The van der Waals surface area contributed by atoms with E-state index in [1.54, 1.807) is 24.3 Å². The van der Waals surface area contributed by atoms with Crippen molar-refractivity contribution >= 4 is 46.1 Å². The number of ether oxygens (including phenoxy) is 1. The van der Waals surface area contributed by atoms with Crippen molar-refractivity contribution in [3.63, 3.8) is 0 Å². The van der Waals surface area contributed by atoms with Crippen LogP contribution in [-0.4, -0.2) is 24.6 Å². The van der Waals surface area contributed by atoms with Crippen LogP contribution in [0.25, 0.3) is 10.8 Å². The van der Waals surface area contributed by atoms with Gasteiger partial charge in [0.2, 0.25) is 0 Å². The Morgan fingerprint density at radius 3 is 2.72 bits per heavy atom. The molecule has 0 radical (unpaired) electrons. The van der Waals surface area contributed by atoms with E-state index in [1.165, 1.54) is 12.3 Å². The number of halogens is 1. The zero-order chi connectivity index (χ0) is 20.6. The van der Waals surface area contributed by atoms with E-state index in [1.807, 2.05) is 30.3 Å². The van der Waals surface area contributed by atoms with Crippen LogP contribution in [0.5, 0.6) is 5.75 Å². The zero-order valence-electron chi connectivity index (χ0n) is 15.2. The van der Waals surface area contributed by atoms with Crippen LogP contribution >= 0.6 is 11.6 Å². The van der Waals surface area contributed by atoms with Gasteiger partial charge >= 0.3 is 11.8 Å². The van der Waals surface area contributed by atoms with Crippen LogP contribution in [0.3, 0.4) is 0 Å². The molecular weight excluding hydrogens is 390 g/mol. The van der Waals surface area contributed by atoms with Gasteiger partial charge in [-0.25, -0.2) is 5.43 Å². The van der Waals surface area contributed by atoms with Crippen LogP contribution in [0.2, 0.25) is 5.02 Å². The first-order chi connectivity index (χ1) is 14.1. The fraction of sp³-hybridized carbons (Fsp3) is 0.0455. The summed E-state index contributed by atoms with van der Waals surface area (Å²) in [5.41, 5.74) is 3.24. The molecule has 2 amide bonds. The summed E-state index contributed by atoms with van der Waals surface area (Å²) in [5.74, 6) is 1.13. The quantitative estimate of drug-likeness (QED) is 0.294. The van der Waals surface area contributed by atoms with E-state index in [0.717, 1.165) is 10.8 Å². The Bertz CT molecular complexity index is 1140. The average Bonchev–Trinajstić information content (AvgIpc) is 2.72. The van der Waals surface area contributed by atoms with Gasteiger partial charge in [-0.3, -0.25) is 9.59 Å². The van der Waals surface area contributed by atoms with Crippen LogP contribution in [-0.2, 0) is 9.59 Å². The lowest BCUT2D eigenvalue weighted by atomic mass is 10.0. The molecule has 6 nitrogen and oxygen atoms in total. The lowest BCUT2D eigenvalue weighted by Crippen LogP contribution is -2.32. The van der Waals surface area contributed by atoms with Crippen LogP contribution in [0.4, 0.5) is 5.69 Å². The van der Waals surface area contributed by atoms with Crippen molar-refractivity contribution in [1.29, 1.82) is 0 Å². The number of fused-ring (bicyclic) bond motifs is 1. The van der Waals surface area contributed by atoms with E-state index in [-0.39, 0.29) is 6.61 Å². The van der Waals surface area contributed by atoms with Crippen LogP contribution in [0.15, 0.2) is 65.8 Å². The van der Waals surface area contributed by atoms with Gasteiger partial charge in [-0.05, 0) is 35.0 Å². The first-order valence-corrected chi connectivity index (χ1v) is 8.94. The maximum Gasteiger partial charge on any atom is 0.329 e. The molecule has 0 spiro atoms. The van der Waals surface area contributed by atoms with Gasteiger partial charge in [0.1, 0.15) is 12.4 Å². The second-order valence-electron chi connectivity index (χ2n) is 5.85. The molecule has 0 aromatic heterocycles. The number of hydrazone groups is 1. The SMILES string of the molecule is C#CCOc1ccc2ccccc2c1/C=N\NC(=O)C(=O)Nc1cccc(Cl)c1. The number of terminal acetylenes is 1. The highest BCUT2D eigenvalue weighted by Crippen LogP contribution is 2.26. The average molecular weight is 406 g/mol. The number of carbonyl (C=O) groups is 2. The van der Waals surface area contributed by atoms with E-state index >= 15 is 0 Å². The standard InChI is InChI=1S/C22H16ClN3O3/c1-2-12-29-20-11-10-15-6-3-4-9-18(15)19(20)14-24-26-22(28)21(27)25-17-8-5-7-16(23)13-17/h1,3-11,13-14H,12H2,(H,25,27)(H,26,28)/b24-14-. The predicted octanol–water partition coefficient (Wildman–Crippen LogP) is 3.59. The molecule has 144 valence electrons. The van der Waals surface area contributed by atoms with E-state index < -0.39 is 11.8 Å². The second-order valence-corrected chi connectivity index (χ2v) is 6.29. The first-order valence-electron chi connectivity index (χ1n) is 8.56. The van der Waals surface area contributed by atoms with Gasteiger partial charge in [-0.15, -0.1) is 6.42 Å². The summed E-state index contributed by atoms with van der Waals surface area (Å²) in [6, 6.07) is 17.8. The van der Waals surface area contributed by atoms with Crippen molar-refractivity contribution in [2.24, 2.45) is 5.10 Å². The summed E-state index contributed by atoms with van der Waals surface area (Å²) in [7, 11) is 0. The second kappa shape index (κ2) is 9.40. The highest BCUT2D eigenvalue weighted by atomic mass is 35.5. The predicted molar refractivity (Wildman–Crippen MR) is 114 cm³/mol. The van der Waals surface area contributed by atoms with Gasteiger partial charge in [-0.1, -0.05) is 53.9 Å². The molecule has 0 atom stereocenters. The molecule has 0 aliphatic heterocycles. The van der Waals surface area contributed by atoms with Gasteiger partial charge in [0.15, 0.2) is 0 Å². The molecule has 3 aromatic rings. The Morgan fingerprint density at radius 2 is 1.93 bits per heavy atom. The Labute approximate surface area is 172 Å². The summed E-state index contributed by atoms with van der Waals surface area (Å²) < 4.78 is 5.56. The molecule has 0 unspecified atom stereocenters. The fourth-order valence-corrected chi connectivity index (χ4v) is 2.80. The molecular formula is C22H16ClN3O3. The Balaban J connectivity index is 1.75. The number of anilines is 1. The minimum absolute atomic E-state index is 0.0909. The smallest absolute Gasteiger partial charge is 0.329 e. The normalized spacial score (nSPS) is 10.5. The van der Waals surface area contributed by atoms with Crippen molar-refractivity contribution in [1.82, 2.24) is 5.43 Å². The molecule has 0 aliphatic rings. The molecule has 0 aliphatic carbocycles. The Hall–Kier alpha value is -3.82. The number of amides is 2. The third-order valence-electron chi connectivity index (χ3n) is 3.89. The highest BCUT2D eigenvalue weighted by molar-refractivity contribution is 6.39. The van der Waals surface area contributed by atoms with Crippen molar-refractivity contribution in [2.45, 2.75) is 0 Å². The summed E-state index contributed by atoms with van der Waals surface area (Å²) in [6.07, 6.45) is 6.68. The van der Waals surface area contributed by atoms with Gasteiger partial charge in [-0.2, -0.15) is 5.10 Å². The van der Waals surface area contributed by atoms with Crippen LogP contribution in [0.1, 0.15) is 5.56 Å². The monoisotopic (exact) mass is 405 g/mol. The number of nitrogens with one attached hydrogen (secondary N) is 2. The molecule has 0 saturated heterocycles. The summed E-state index contributed by atoms with van der Waals surface area (Å²) in [6.45, 7) is 0.0909. The maximum atomic E-state index is 12.0. The van der Waals surface area contributed by atoms with E-state index in [4.69, 9.17) is 22.8 Å². The molecule has 29 heavy (non-hydrogen) atoms. The lowest BCUT2D eigenvalue weighted by molar-refractivity contribution is -0.136. The Morgan fingerprint density at radius 1 is 1.10 bits per heavy atom. The van der Waals surface area contributed by atoms with Gasteiger partial charge in [0.25, 0.3) is 0 Å². The minimum atomic E-state index is -0.924. The molecule has 0 fully saturated rings. The molecule has 0 heterocycles. The van der Waals surface area contributed by atoms with E-state index in [0.29, 0.717) is 22.0 Å². The first kappa shape index (κ1) is 19.9. The molecule has 0 saturated carbocycles. The van der Waals surface area contributed by atoms with Gasteiger partial charge < -0.3 is 10.1 Å². The van der Waals surface area contributed by atoms with Crippen molar-refractivity contribution in [3.8, 4) is 18.1 Å². The number of rotatable bonds is 5. The molecule has 3 aromatic carbocycles. The largest absolute Gasteiger partial charge is 0.480 e. The molecule has 7 heteroatoms. The number of nitrogens with zero attached hydrogens (tertiary/aromatic N) is 1. The van der Waals surface area contributed by atoms with E-state index in [9.17, 15) is 9.59 Å². The van der Waals surface area contributed by atoms with Gasteiger partial charge in [0.05, 0.1) is 6.21 Å². The third-order valence-corrected chi connectivity index (χ3v) is 4.13. The zero-order valence-corrected chi connectivity index (χ0v) is 15.9. The molecule has 3 rings (SSSR count).